The lowest BCUT2D eigenvalue weighted by atomic mass is 9.95. The lowest BCUT2D eigenvalue weighted by molar-refractivity contribution is -0.122. The van der Waals surface area contributed by atoms with Crippen molar-refractivity contribution >= 4 is 11.8 Å². The summed E-state index contributed by atoms with van der Waals surface area (Å²) >= 11 is 0. The van der Waals surface area contributed by atoms with E-state index in [9.17, 15) is 9.59 Å². The fourth-order valence-electron chi connectivity index (χ4n) is 3.87. The normalized spacial score (nSPS) is 21.7. The van der Waals surface area contributed by atoms with Crippen molar-refractivity contribution in [3.8, 4) is 0 Å². The number of hydrogen-bond acceptors (Lipinski definition) is 4. The summed E-state index contributed by atoms with van der Waals surface area (Å²) in [7, 11) is 0. The second kappa shape index (κ2) is 8.76. The summed E-state index contributed by atoms with van der Waals surface area (Å²) in [6.07, 6.45) is 2.12. The first-order chi connectivity index (χ1) is 14.1. The smallest absolute Gasteiger partial charge is 0.251 e. The van der Waals surface area contributed by atoms with Crippen LogP contribution in [0.4, 0.5) is 0 Å². The quantitative estimate of drug-likeness (QED) is 0.668. The van der Waals surface area contributed by atoms with Crippen LogP contribution < -0.4 is 16.4 Å². The lowest BCUT2D eigenvalue weighted by Crippen LogP contribution is -2.37. The van der Waals surface area contributed by atoms with Crippen LogP contribution in [0.3, 0.4) is 0 Å². The van der Waals surface area contributed by atoms with Crippen molar-refractivity contribution in [3.05, 3.63) is 71.3 Å². The third kappa shape index (κ3) is 5.22. The summed E-state index contributed by atoms with van der Waals surface area (Å²) in [5, 5.41) is 5.95. The molecule has 1 saturated carbocycles. The minimum Gasteiger partial charge on any atom is -0.351 e. The molecule has 1 heterocycles. The molecule has 0 aromatic heterocycles. The molecule has 0 unspecified atom stereocenters. The zero-order valence-electron chi connectivity index (χ0n) is 16.5. The Labute approximate surface area is 171 Å². The molecule has 2 aromatic rings. The summed E-state index contributed by atoms with van der Waals surface area (Å²) in [6.45, 7) is 2.24. The Balaban J connectivity index is 1.26. The van der Waals surface area contributed by atoms with Crippen LogP contribution in [0.25, 0.3) is 0 Å². The molecular formula is C23H28N4O2. The molecule has 1 saturated heterocycles. The molecule has 6 nitrogen and oxygen atoms in total. The fourth-order valence-corrected chi connectivity index (χ4v) is 3.87. The van der Waals surface area contributed by atoms with Crippen LogP contribution in [0, 0.1) is 0 Å². The maximum Gasteiger partial charge on any atom is 0.251 e. The van der Waals surface area contributed by atoms with Crippen LogP contribution in [0.5, 0.6) is 0 Å². The Kier molecular flexibility index (Phi) is 5.92. The Morgan fingerprint density at radius 1 is 1.03 bits per heavy atom. The van der Waals surface area contributed by atoms with E-state index in [2.05, 4.69) is 27.7 Å². The molecule has 4 rings (SSSR count). The molecule has 29 heavy (non-hydrogen) atoms. The average molecular weight is 393 g/mol. The van der Waals surface area contributed by atoms with E-state index in [-0.39, 0.29) is 23.8 Å². The van der Waals surface area contributed by atoms with Crippen LogP contribution in [-0.2, 0) is 11.3 Å². The number of nitrogens with one attached hydrogen (secondary N) is 2. The molecule has 4 N–H and O–H groups in total. The highest BCUT2D eigenvalue weighted by molar-refractivity contribution is 5.94. The van der Waals surface area contributed by atoms with Crippen molar-refractivity contribution < 1.29 is 9.59 Å². The molecule has 0 bridgehead atoms. The predicted molar refractivity (Wildman–Crippen MR) is 112 cm³/mol. The van der Waals surface area contributed by atoms with E-state index in [1.807, 2.05) is 36.4 Å². The number of amides is 2. The van der Waals surface area contributed by atoms with Gasteiger partial charge in [0.1, 0.15) is 0 Å². The molecular weight excluding hydrogens is 364 g/mol. The molecule has 2 fully saturated rings. The van der Waals surface area contributed by atoms with Crippen molar-refractivity contribution in [2.75, 3.05) is 19.6 Å². The highest BCUT2D eigenvalue weighted by Gasteiger charge is 2.32. The van der Waals surface area contributed by atoms with E-state index < -0.39 is 0 Å². The van der Waals surface area contributed by atoms with Gasteiger partial charge in [0, 0.05) is 43.2 Å². The minimum absolute atomic E-state index is 0.0289. The Morgan fingerprint density at radius 2 is 1.83 bits per heavy atom. The monoisotopic (exact) mass is 392 g/mol. The molecule has 6 heteroatoms. The van der Waals surface area contributed by atoms with Crippen LogP contribution in [0.1, 0.15) is 40.2 Å². The van der Waals surface area contributed by atoms with E-state index in [1.165, 1.54) is 5.56 Å². The first-order valence-electron chi connectivity index (χ1n) is 10.3. The number of carbonyl (C=O) groups excluding carboxylic acids is 2. The van der Waals surface area contributed by atoms with Gasteiger partial charge in [-0.1, -0.05) is 42.5 Å². The first-order valence-corrected chi connectivity index (χ1v) is 10.3. The van der Waals surface area contributed by atoms with Crippen LogP contribution in [0.15, 0.2) is 54.6 Å². The van der Waals surface area contributed by atoms with Crippen molar-refractivity contribution in [2.45, 2.75) is 37.4 Å². The summed E-state index contributed by atoms with van der Waals surface area (Å²) in [4.78, 5) is 26.7. The number of nitrogens with zero attached hydrogens (tertiary/aromatic N) is 1. The molecule has 1 aliphatic heterocycles. The summed E-state index contributed by atoms with van der Waals surface area (Å²) < 4.78 is 0. The van der Waals surface area contributed by atoms with E-state index in [0.717, 1.165) is 24.9 Å². The van der Waals surface area contributed by atoms with Crippen molar-refractivity contribution in [1.29, 1.82) is 0 Å². The molecule has 1 aliphatic carbocycles. The van der Waals surface area contributed by atoms with Crippen LogP contribution in [-0.4, -0.2) is 48.4 Å². The number of carbonyl (C=O) groups is 2. The van der Waals surface area contributed by atoms with Crippen molar-refractivity contribution in [2.24, 2.45) is 5.73 Å². The summed E-state index contributed by atoms with van der Waals surface area (Å²) in [5.41, 5.74) is 9.10. The molecule has 152 valence electrons. The second-order valence-electron chi connectivity index (χ2n) is 8.10. The highest BCUT2D eigenvalue weighted by Crippen LogP contribution is 2.26. The SMILES string of the molecule is N[C@@H]1CN(CC(=O)NCc2cccc(C(=O)NC3CC3)c2)C[C@H]1c1ccccc1. The maximum absolute atomic E-state index is 12.4. The zero-order valence-corrected chi connectivity index (χ0v) is 16.5. The molecule has 2 atom stereocenters. The third-order valence-electron chi connectivity index (χ3n) is 5.63. The van der Waals surface area contributed by atoms with Gasteiger partial charge in [0.25, 0.3) is 5.91 Å². The molecule has 0 spiro atoms. The zero-order chi connectivity index (χ0) is 20.2. The van der Waals surface area contributed by atoms with E-state index in [0.29, 0.717) is 31.2 Å². The summed E-state index contributed by atoms with van der Waals surface area (Å²) in [5.74, 6) is 0.183. The van der Waals surface area contributed by atoms with Crippen LogP contribution in [0.2, 0.25) is 0 Å². The molecule has 2 aromatic carbocycles. The maximum atomic E-state index is 12.4. The van der Waals surface area contributed by atoms with Gasteiger partial charge in [0.05, 0.1) is 6.54 Å². The van der Waals surface area contributed by atoms with Crippen molar-refractivity contribution in [1.82, 2.24) is 15.5 Å². The van der Waals surface area contributed by atoms with Crippen molar-refractivity contribution in [3.63, 3.8) is 0 Å². The number of benzene rings is 2. The summed E-state index contributed by atoms with van der Waals surface area (Å²) in [6, 6.07) is 18.0. The average Bonchev–Trinajstić information content (AvgIpc) is 3.47. The first kappa shape index (κ1) is 19.6. The lowest BCUT2D eigenvalue weighted by Gasteiger charge is -2.16. The predicted octanol–water partition coefficient (Wildman–Crippen LogP) is 1.62. The minimum atomic E-state index is -0.0429. The Morgan fingerprint density at radius 3 is 2.59 bits per heavy atom. The molecule has 2 aliphatic rings. The van der Waals surface area contributed by atoms with Crippen LogP contribution >= 0.6 is 0 Å². The van der Waals surface area contributed by atoms with Gasteiger partial charge >= 0.3 is 0 Å². The van der Waals surface area contributed by atoms with E-state index in [1.54, 1.807) is 6.07 Å². The standard InChI is InChI=1S/C23H28N4O2/c24-21-14-27(13-20(21)17-6-2-1-3-7-17)15-22(28)25-12-16-5-4-8-18(11-16)23(29)26-19-9-10-19/h1-8,11,19-21H,9-10,12-15,24H2,(H,25,28)(H,26,29)/t20-,21+/m0/s1. The number of rotatable bonds is 7. The van der Waals surface area contributed by atoms with Gasteiger partial charge in [-0.15, -0.1) is 0 Å². The Hall–Kier alpha value is -2.70. The van der Waals surface area contributed by atoms with Gasteiger partial charge in [-0.25, -0.2) is 0 Å². The number of hydrogen-bond donors (Lipinski definition) is 3. The van der Waals surface area contributed by atoms with Gasteiger partial charge in [-0.05, 0) is 36.1 Å². The Bertz CT molecular complexity index is 866. The van der Waals surface area contributed by atoms with Gasteiger partial charge in [0.2, 0.25) is 5.91 Å². The van der Waals surface area contributed by atoms with Gasteiger partial charge in [-0.2, -0.15) is 0 Å². The van der Waals surface area contributed by atoms with E-state index in [4.69, 9.17) is 5.73 Å². The molecule has 2 amide bonds. The van der Waals surface area contributed by atoms with E-state index >= 15 is 0 Å². The highest BCUT2D eigenvalue weighted by atomic mass is 16.2. The largest absolute Gasteiger partial charge is 0.351 e. The number of nitrogens with two attached hydrogens (primary N) is 1. The third-order valence-corrected chi connectivity index (χ3v) is 5.63. The van der Waals surface area contributed by atoms with Gasteiger partial charge in [0.15, 0.2) is 0 Å². The second-order valence-corrected chi connectivity index (χ2v) is 8.10. The topological polar surface area (TPSA) is 87.5 Å². The fraction of sp³-hybridized carbons (Fsp3) is 0.391. The molecule has 0 radical (unpaired) electrons. The number of likely N-dealkylation sites (tertiary alicyclic amines) is 1. The van der Waals surface area contributed by atoms with Gasteiger partial charge in [-0.3, -0.25) is 14.5 Å². The van der Waals surface area contributed by atoms with Gasteiger partial charge < -0.3 is 16.4 Å².